The van der Waals surface area contributed by atoms with Crippen LogP contribution in [0.25, 0.3) is 0 Å². The van der Waals surface area contributed by atoms with Gasteiger partial charge < -0.3 is 19.5 Å². The van der Waals surface area contributed by atoms with Crippen LogP contribution >= 0.6 is 24.0 Å². The summed E-state index contributed by atoms with van der Waals surface area (Å²) in [5.41, 5.74) is 0. The van der Waals surface area contributed by atoms with Crippen LogP contribution in [-0.2, 0) is 19.4 Å². The van der Waals surface area contributed by atoms with Crippen molar-refractivity contribution in [3.63, 3.8) is 0 Å². The van der Waals surface area contributed by atoms with Crippen molar-refractivity contribution in [1.82, 2.24) is 25.0 Å². The standard InChI is InChI=1S/C23H34N6O.HI/c1-24-23(28-17-13-20(14-18-28)30-19-9-4-2-5-10-19)25-15-8-12-22-27-26-21-11-6-3-7-16-29(21)22;/h2,4-5,9-10,20H,3,6-8,11-18H2,1H3,(H,24,25);1H. The third kappa shape index (κ3) is 6.57. The van der Waals surface area contributed by atoms with E-state index in [1.807, 2.05) is 37.4 Å². The minimum atomic E-state index is 0. The molecule has 3 heterocycles. The topological polar surface area (TPSA) is 67.6 Å². The number of benzene rings is 1. The summed E-state index contributed by atoms with van der Waals surface area (Å²) in [4.78, 5) is 6.84. The van der Waals surface area contributed by atoms with Gasteiger partial charge in [-0.15, -0.1) is 34.2 Å². The van der Waals surface area contributed by atoms with E-state index in [4.69, 9.17) is 4.74 Å². The van der Waals surface area contributed by atoms with Gasteiger partial charge in [-0.25, -0.2) is 0 Å². The van der Waals surface area contributed by atoms with Gasteiger partial charge in [0.05, 0.1) is 0 Å². The summed E-state index contributed by atoms with van der Waals surface area (Å²) in [5.74, 6) is 4.27. The van der Waals surface area contributed by atoms with Crippen molar-refractivity contribution in [2.45, 2.75) is 64.0 Å². The predicted octanol–water partition coefficient (Wildman–Crippen LogP) is 3.67. The Hall–Kier alpha value is -1.84. The van der Waals surface area contributed by atoms with E-state index in [1.54, 1.807) is 0 Å². The zero-order valence-electron chi connectivity index (χ0n) is 18.5. The molecule has 2 aliphatic rings. The summed E-state index contributed by atoms with van der Waals surface area (Å²) in [7, 11) is 1.87. The van der Waals surface area contributed by atoms with Crippen molar-refractivity contribution in [3.8, 4) is 5.75 Å². The lowest BCUT2D eigenvalue weighted by molar-refractivity contribution is 0.129. The number of hydrogen-bond donors (Lipinski definition) is 1. The molecule has 2 aromatic rings. The highest BCUT2D eigenvalue weighted by Gasteiger charge is 2.22. The van der Waals surface area contributed by atoms with Crippen LogP contribution in [0.5, 0.6) is 5.75 Å². The number of para-hydroxylation sites is 1. The van der Waals surface area contributed by atoms with E-state index in [2.05, 4.69) is 30.0 Å². The zero-order valence-corrected chi connectivity index (χ0v) is 20.8. The van der Waals surface area contributed by atoms with Crippen molar-refractivity contribution < 1.29 is 4.74 Å². The second kappa shape index (κ2) is 12.3. The van der Waals surface area contributed by atoms with E-state index in [-0.39, 0.29) is 30.1 Å². The number of hydrogen-bond acceptors (Lipinski definition) is 4. The maximum absolute atomic E-state index is 6.11. The summed E-state index contributed by atoms with van der Waals surface area (Å²) < 4.78 is 8.46. The molecule has 0 saturated carbocycles. The van der Waals surface area contributed by atoms with Gasteiger partial charge in [0.1, 0.15) is 23.5 Å². The fraction of sp³-hybridized carbons (Fsp3) is 0.609. The van der Waals surface area contributed by atoms with Crippen LogP contribution in [0.3, 0.4) is 0 Å². The summed E-state index contributed by atoms with van der Waals surface area (Å²) in [6, 6.07) is 10.1. The fourth-order valence-electron chi connectivity index (χ4n) is 4.39. The summed E-state index contributed by atoms with van der Waals surface area (Å²) in [6.07, 6.45) is 9.16. The van der Waals surface area contributed by atoms with Crippen molar-refractivity contribution in [3.05, 3.63) is 42.0 Å². The highest BCUT2D eigenvalue weighted by atomic mass is 127. The third-order valence-electron chi connectivity index (χ3n) is 6.05. The molecule has 0 amide bonds. The van der Waals surface area contributed by atoms with Crippen LogP contribution in [0.4, 0.5) is 0 Å². The number of aliphatic imine (C=N–C) groups is 1. The van der Waals surface area contributed by atoms with Gasteiger partial charge in [0.25, 0.3) is 0 Å². The SMILES string of the molecule is CN=C(NCCCc1nnc2n1CCCCC2)N1CCC(Oc2ccccc2)CC1.I. The average Bonchev–Trinajstić information content (AvgIpc) is 3.01. The Morgan fingerprint density at radius 1 is 1.10 bits per heavy atom. The van der Waals surface area contributed by atoms with Gasteiger partial charge in [0.2, 0.25) is 0 Å². The van der Waals surface area contributed by atoms with E-state index < -0.39 is 0 Å². The molecule has 0 unspecified atom stereocenters. The number of guanidine groups is 1. The molecule has 1 aromatic heterocycles. The molecular weight excluding hydrogens is 503 g/mol. The number of ether oxygens (including phenoxy) is 1. The van der Waals surface area contributed by atoms with Crippen LogP contribution in [-0.4, -0.2) is 58.4 Å². The monoisotopic (exact) mass is 538 g/mol. The Morgan fingerprint density at radius 2 is 1.90 bits per heavy atom. The Labute approximate surface area is 202 Å². The first kappa shape index (κ1) is 23.8. The molecule has 31 heavy (non-hydrogen) atoms. The molecule has 1 fully saturated rings. The van der Waals surface area contributed by atoms with Crippen molar-refractivity contribution >= 4 is 29.9 Å². The van der Waals surface area contributed by atoms with E-state index >= 15 is 0 Å². The zero-order chi connectivity index (χ0) is 20.6. The molecule has 2 aliphatic heterocycles. The van der Waals surface area contributed by atoms with Crippen LogP contribution < -0.4 is 10.1 Å². The van der Waals surface area contributed by atoms with E-state index in [1.165, 1.54) is 25.1 Å². The van der Waals surface area contributed by atoms with Crippen LogP contribution in [0.2, 0.25) is 0 Å². The highest BCUT2D eigenvalue weighted by Crippen LogP contribution is 2.19. The summed E-state index contributed by atoms with van der Waals surface area (Å²) in [6.45, 7) is 3.91. The molecule has 8 heteroatoms. The van der Waals surface area contributed by atoms with Gasteiger partial charge in [-0.3, -0.25) is 4.99 Å². The van der Waals surface area contributed by atoms with Crippen LogP contribution in [0.1, 0.15) is 50.2 Å². The number of rotatable bonds is 6. The van der Waals surface area contributed by atoms with E-state index in [0.717, 1.165) is 75.8 Å². The van der Waals surface area contributed by atoms with Gasteiger partial charge in [-0.1, -0.05) is 24.6 Å². The number of piperidine rings is 1. The Morgan fingerprint density at radius 3 is 2.68 bits per heavy atom. The summed E-state index contributed by atoms with van der Waals surface area (Å²) >= 11 is 0. The predicted molar refractivity (Wildman–Crippen MR) is 134 cm³/mol. The molecule has 1 aromatic carbocycles. The molecule has 4 rings (SSSR count). The number of aromatic nitrogens is 3. The number of fused-ring (bicyclic) bond motifs is 1. The number of likely N-dealkylation sites (tertiary alicyclic amines) is 1. The molecule has 0 spiro atoms. The largest absolute Gasteiger partial charge is 0.490 e. The summed E-state index contributed by atoms with van der Waals surface area (Å²) in [5, 5.41) is 12.4. The molecule has 7 nitrogen and oxygen atoms in total. The normalized spacial score (nSPS) is 17.5. The number of nitrogens with one attached hydrogen (secondary N) is 1. The van der Waals surface area contributed by atoms with Crippen LogP contribution in [0.15, 0.2) is 35.3 Å². The van der Waals surface area contributed by atoms with Gasteiger partial charge in [-0.2, -0.15) is 0 Å². The molecule has 0 bridgehead atoms. The first-order valence-corrected chi connectivity index (χ1v) is 11.4. The van der Waals surface area contributed by atoms with Gasteiger partial charge in [0, 0.05) is 58.9 Å². The van der Waals surface area contributed by atoms with Gasteiger partial charge in [-0.05, 0) is 31.4 Å². The Kier molecular flexibility index (Phi) is 9.42. The lowest BCUT2D eigenvalue weighted by Gasteiger charge is -2.34. The average molecular weight is 538 g/mol. The molecule has 170 valence electrons. The van der Waals surface area contributed by atoms with Gasteiger partial charge >= 0.3 is 0 Å². The third-order valence-corrected chi connectivity index (χ3v) is 6.05. The maximum Gasteiger partial charge on any atom is 0.193 e. The van der Waals surface area contributed by atoms with E-state index in [0.29, 0.717) is 0 Å². The second-order valence-electron chi connectivity index (χ2n) is 8.19. The lowest BCUT2D eigenvalue weighted by atomic mass is 10.1. The molecule has 1 saturated heterocycles. The Bertz CT molecular complexity index is 817. The maximum atomic E-state index is 6.11. The minimum absolute atomic E-state index is 0. The molecule has 1 N–H and O–H groups in total. The van der Waals surface area contributed by atoms with Crippen molar-refractivity contribution in [2.75, 3.05) is 26.7 Å². The number of nitrogens with zero attached hydrogens (tertiary/aromatic N) is 5. The van der Waals surface area contributed by atoms with E-state index in [9.17, 15) is 0 Å². The van der Waals surface area contributed by atoms with Gasteiger partial charge in [0.15, 0.2) is 5.96 Å². The Balaban J connectivity index is 0.00000272. The molecular formula is C23H35IN6O. The van der Waals surface area contributed by atoms with Crippen LogP contribution in [0, 0.1) is 0 Å². The highest BCUT2D eigenvalue weighted by molar-refractivity contribution is 14.0. The first-order valence-electron chi connectivity index (χ1n) is 11.4. The smallest absolute Gasteiger partial charge is 0.193 e. The fourth-order valence-corrected chi connectivity index (χ4v) is 4.39. The lowest BCUT2D eigenvalue weighted by Crippen LogP contribution is -2.47. The van der Waals surface area contributed by atoms with Crippen molar-refractivity contribution in [1.29, 1.82) is 0 Å². The molecule has 0 aliphatic carbocycles. The number of halogens is 1. The number of aryl methyl sites for hydroxylation is 2. The quantitative estimate of drug-likeness (QED) is 0.263. The molecule has 0 radical (unpaired) electrons. The first-order chi connectivity index (χ1) is 14.8. The second-order valence-corrected chi connectivity index (χ2v) is 8.19. The van der Waals surface area contributed by atoms with Crippen molar-refractivity contribution in [2.24, 2.45) is 4.99 Å². The molecule has 0 atom stereocenters. The minimum Gasteiger partial charge on any atom is -0.490 e.